The molecule has 2 aliphatic carbocycles. The monoisotopic (exact) mass is 1150 g/mol. The van der Waals surface area contributed by atoms with Gasteiger partial charge in [-0.05, 0) is 48.4 Å². The zero-order valence-corrected chi connectivity index (χ0v) is 44.0. The number of aromatic hydroxyl groups is 1. The number of carbonyl (C=O) groups is 3. The Morgan fingerprint density at radius 2 is 1.29 bits per heavy atom. The summed E-state index contributed by atoms with van der Waals surface area (Å²) in [5, 5.41) is 91.8. The first-order chi connectivity index (χ1) is 37.7. The van der Waals surface area contributed by atoms with Crippen LogP contribution in [0.5, 0.6) is 5.75 Å². The molecule has 3 saturated heterocycles. The molecule has 29 heteroatoms. The number of anilines is 1. The van der Waals surface area contributed by atoms with Gasteiger partial charge in [0.1, 0.15) is 78.1 Å². The Hall–Kier alpha value is -4.68. The average Bonchev–Trinajstić information content (AvgIpc) is 3.87. The zero-order chi connectivity index (χ0) is 57.0. The van der Waals surface area contributed by atoms with E-state index in [-0.39, 0.29) is 95.0 Å². The number of phenols is 1. The number of fused-ring (bicyclic) bond motifs is 2. The fourth-order valence-electron chi connectivity index (χ4n) is 9.97. The van der Waals surface area contributed by atoms with Gasteiger partial charge in [-0.1, -0.05) is 6.07 Å². The molecule has 22 N–H and O–H groups in total. The molecule has 27 nitrogen and oxygen atoms in total. The lowest BCUT2D eigenvalue weighted by Crippen LogP contribution is -2.68. The molecule has 7 unspecified atom stereocenters. The molecule has 0 radical (unpaired) electrons. The number of ether oxygens (including phenoxy) is 6. The minimum Gasteiger partial charge on any atom is -0.508 e. The number of nitrogens with one attached hydrogen (secondary N) is 2. The van der Waals surface area contributed by atoms with Gasteiger partial charge in [0.05, 0.1) is 35.6 Å². The molecule has 0 aromatic heterocycles. The Morgan fingerprint density at radius 3 is 1.95 bits per heavy atom. The largest absolute Gasteiger partial charge is 0.508 e. The van der Waals surface area contributed by atoms with Crippen LogP contribution < -0.4 is 50.5 Å². The van der Waals surface area contributed by atoms with Gasteiger partial charge in [0.2, 0.25) is 11.8 Å². The number of aliphatic hydroxyl groups is 6. The van der Waals surface area contributed by atoms with Crippen LogP contribution in [0.2, 0.25) is 0 Å². The number of carboxylic acids is 1. The fraction of sp³-hybridized carbons (Fsp3) is 0.560. The molecule has 2 aromatic rings. The maximum Gasteiger partial charge on any atom is 0.336 e. The van der Waals surface area contributed by atoms with Crippen molar-refractivity contribution in [2.45, 2.75) is 129 Å². The fourth-order valence-corrected chi connectivity index (χ4v) is 11.6. The number of nitrogens with two attached hydrogens (primary N) is 6. The molecule has 2 aromatic carbocycles. The Kier molecular flexibility index (Phi) is 20.3. The number of carboxylic acid groups (broad SMARTS) is 1. The molecule has 0 spiro atoms. The second-order valence-electron chi connectivity index (χ2n) is 19.7. The van der Waals surface area contributed by atoms with Gasteiger partial charge in [0.15, 0.2) is 24.3 Å². The van der Waals surface area contributed by atoms with Crippen LogP contribution >= 0.6 is 23.5 Å². The molecule has 1 saturated carbocycles. The van der Waals surface area contributed by atoms with E-state index < -0.39 is 128 Å². The quantitative estimate of drug-likeness (QED) is 0.0279. The third-order valence-corrected chi connectivity index (χ3v) is 16.2. The second-order valence-corrected chi connectivity index (χ2v) is 22.0. The molecule has 6 aliphatic rings. The predicted molar refractivity (Wildman–Crippen MR) is 285 cm³/mol. The van der Waals surface area contributed by atoms with Crippen LogP contribution in [0.15, 0.2) is 63.8 Å². The van der Waals surface area contributed by atoms with Gasteiger partial charge in [0, 0.05) is 89.7 Å². The second kappa shape index (κ2) is 26.5. The van der Waals surface area contributed by atoms with Gasteiger partial charge in [-0.25, -0.2) is 4.79 Å². The van der Waals surface area contributed by atoms with E-state index in [1.54, 1.807) is 12.1 Å². The van der Waals surface area contributed by atoms with Crippen LogP contribution in [0.1, 0.15) is 23.2 Å². The summed E-state index contributed by atoms with van der Waals surface area (Å²) in [4.78, 5) is 50.7. The lowest BCUT2D eigenvalue weighted by atomic mass is 9.84. The van der Waals surface area contributed by atoms with Crippen molar-refractivity contribution in [3.05, 3.63) is 70.4 Å². The summed E-state index contributed by atoms with van der Waals surface area (Å²) in [6, 6.07) is 8.47. The number of phenolic OH excluding ortho intramolecular Hbond substituents is 1. The summed E-state index contributed by atoms with van der Waals surface area (Å²) < 4.78 is 42.3. The van der Waals surface area contributed by atoms with Crippen molar-refractivity contribution in [1.29, 1.82) is 0 Å². The van der Waals surface area contributed by atoms with Crippen LogP contribution in [0.4, 0.5) is 5.69 Å². The molecule has 4 fully saturated rings. The normalized spacial score (nSPS) is 33.9. The maximum absolute atomic E-state index is 13.0. The van der Waals surface area contributed by atoms with Crippen molar-refractivity contribution in [3.8, 4) is 28.2 Å². The van der Waals surface area contributed by atoms with E-state index >= 15 is 0 Å². The number of aliphatic hydroxyl groups excluding tert-OH is 6. The smallest absolute Gasteiger partial charge is 0.336 e. The summed E-state index contributed by atoms with van der Waals surface area (Å²) in [5.74, 6) is -1.31. The van der Waals surface area contributed by atoms with Crippen molar-refractivity contribution in [3.63, 3.8) is 0 Å². The molecule has 4 aliphatic heterocycles. The molecule has 434 valence electrons. The summed E-state index contributed by atoms with van der Waals surface area (Å²) in [5.41, 5.74) is 37.8. The van der Waals surface area contributed by atoms with Crippen molar-refractivity contribution in [2.75, 3.05) is 48.0 Å². The van der Waals surface area contributed by atoms with Crippen molar-refractivity contribution >= 4 is 58.0 Å². The zero-order valence-electron chi connectivity index (χ0n) is 42.4. The number of hydrogen-bond donors (Lipinski definition) is 16. The van der Waals surface area contributed by atoms with Gasteiger partial charge in [0.25, 0.3) is 0 Å². The van der Waals surface area contributed by atoms with Crippen LogP contribution in [0.3, 0.4) is 0 Å². The van der Waals surface area contributed by atoms with Crippen molar-refractivity contribution < 1.29 is 88.1 Å². The first-order valence-electron chi connectivity index (χ1n) is 25.4. The molecule has 79 heavy (non-hydrogen) atoms. The lowest BCUT2D eigenvalue weighted by Gasteiger charge is -2.47. The van der Waals surface area contributed by atoms with Crippen LogP contribution in [0, 0.1) is 0 Å². The van der Waals surface area contributed by atoms with Gasteiger partial charge in [-0.15, -0.1) is 0 Å². The highest BCUT2D eigenvalue weighted by Crippen LogP contribution is 2.43. The summed E-state index contributed by atoms with van der Waals surface area (Å²) in [6.07, 6.45) is -20.3. The number of rotatable bonds is 21. The Labute approximate surface area is 459 Å². The first kappa shape index (κ1) is 60.4. The number of carbonyl (C=O) groups excluding carboxylic acids is 2. The molecular weight excluding hydrogens is 1080 g/mol. The van der Waals surface area contributed by atoms with Crippen LogP contribution in [0.25, 0.3) is 33.4 Å². The van der Waals surface area contributed by atoms with Crippen LogP contribution in [-0.4, -0.2) is 218 Å². The lowest BCUT2D eigenvalue weighted by molar-refractivity contribution is -0.306. The van der Waals surface area contributed by atoms with E-state index in [9.17, 15) is 60.0 Å². The maximum atomic E-state index is 13.0. The Bertz CT molecular complexity index is 2790. The van der Waals surface area contributed by atoms with Gasteiger partial charge < -0.3 is 119 Å². The highest BCUT2D eigenvalue weighted by Gasteiger charge is 2.54. The molecule has 19 atom stereocenters. The predicted octanol–water partition coefficient (Wildman–Crippen LogP) is -3.99. The first-order valence-corrected chi connectivity index (χ1v) is 27.7. The molecular formula is C50H68N8O19S2. The van der Waals surface area contributed by atoms with Crippen molar-refractivity contribution in [1.82, 2.24) is 5.32 Å². The van der Waals surface area contributed by atoms with E-state index in [2.05, 4.69) is 10.6 Å². The minimum absolute atomic E-state index is 0.0420. The standard InChI is InChI=1S/C50H68N8O19S2/c51-15-30-39(64)41(66)36(55)48(72-30)75-44-27(54)14-26(53)38(63)46(44)77-50-43(68)45(76-49-37(56)42(67)40(65)31(16-52)73-49)32(74-50)17-79-10-8-57-33(61)7-9-78-18-34(62)58-19-1-4-22(25(11-19)47(69)70)35-23-5-2-20(59)12-28(23)71-29-13-21(60)3-6-24(29)35/h1-6,11-13,26-27,30-32,36-46,48-50,59,63-68H,7-10,14-18,51-56H2,(H,57,61)(H,58,62)(H,69,70)/t26-,27?,30?,31+,32-,36?,37?,38-,39-,40-,41-,42?,43+,44-,45?,46?,48-,49-,50+/m1/s1. The van der Waals surface area contributed by atoms with E-state index in [1.807, 2.05) is 0 Å². The number of hydrogen-bond acceptors (Lipinski definition) is 26. The number of thioether (sulfide) groups is 2. The number of amides is 2. The van der Waals surface area contributed by atoms with Gasteiger partial charge >= 0.3 is 5.97 Å². The van der Waals surface area contributed by atoms with E-state index in [4.69, 9.17) is 67.2 Å². The van der Waals surface area contributed by atoms with E-state index in [0.717, 1.165) is 0 Å². The van der Waals surface area contributed by atoms with Gasteiger partial charge in [-0.3, -0.25) is 14.4 Å². The number of benzene rings is 3. The molecule has 2 amide bonds. The SMILES string of the molecule is NCC1O[C@H](O[C@@H]2C(N)C[C@@H](N)[C@@H](O)C2O[C@@H]2O[C@H](CSCCNC(=O)CCSCC(=O)Nc3ccc(-c4c5ccc(=O)cc-5oc5cc(O)ccc45)c(C(=O)O)c3)C(O[C@H]3O[C@@H](CN)[C@@H](O)C(O)C3N)[C@@H]2O)C(N)[C@@H](O)[C@@H]1O. The van der Waals surface area contributed by atoms with E-state index in [1.165, 1.54) is 66.0 Å². The van der Waals surface area contributed by atoms with Crippen molar-refractivity contribution in [2.24, 2.45) is 34.4 Å². The molecule has 0 bridgehead atoms. The highest BCUT2D eigenvalue weighted by atomic mass is 32.2. The molecule has 4 heterocycles. The highest BCUT2D eigenvalue weighted by molar-refractivity contribution is 8.00. The topological polar surface area (TPSA) is 479 Å². The minimum atomic E-state index is -1.63. The summed E-state index contributed by atoms with van der Waals surface area (Å²) in [6.45, 7) is -0.222. The summed E-state index contributed by atoms with van der Waals surface area (Å²) >= 11 is 2.47. The van der Waals surface area contributed by atoms with Gasteiger partial charge in [-0.2, -0.15) is 23.5 Å². The Balaban J connectivity index is 0.843. The van der Waals surface area contributed by atoms with Crippen LogP contribution in [-0.2, 0) is 38.0 Å². The third-order valence-electron chi connectivity index (χ3n) is 14.2. The average molecular weight is 1150 g/mol. The van der Waals surface area contributed by atoms with E-state index in [0.29, 0.717) is 22.3 Å². The molecule has 8 rings (SSSR count). The summed E-state index contributed by atoms with van der Waals surface area (Å²) in [7, 11) is 0. The number of aromatic carboxylic acids is 1. The Morgan fingerprint density at radius 1 is 0.658 bits per heavy atom. The third kappa shape index (κ3) is 13.6.